The second-order valence-electron chi connectivity index (χ2n) is 8.25. The minimum Gasteiger partial charge on any atom is -0.378 e. The highest BCUT2D eigenvalue weighted by Crippen LogP contribution is 2.42. The van der Waals surface area contributed by atoms with Gasteiger partial charge in [-0.1, -0.05) is 30.3 Å². The number of aliphatic hydroxyl groups excluding tert-OH is 1. The van der Waals surface area contributed by atoms with Crippen molar-refractivity contribution >= 4 is 22.8 Å². The molecule has 2 aliphatic rings. The van der Waals surface area contributed by atoms with Gasteiger partial charge in [-0.05, 0) is 36.3 Å². The van der Waals surface area contributed by atoms with Gasteiger partial charge in [0, 0.05) is 32.4 Å². The molecule has 1 saturated heterocycles. The van der Waals surface area contributed by atoms with Gasteiger partial charge in [-0.25, -0.2) is 9.97 Å². The first-order chi connectivity index (χ1) is 14.1. The Morgan fingerprint density at radius 1 is 1.17 bits per heavy atom. The molecule has 0 radical (unpaired) electrons. The largest absolute Gasteiger partial charge is 0.378 e. The predicted octanol–water partition coefficient (Wildman–Crippen LogP) is 2.36. The van der Waals surface area contributed by atoms with Crippen molar-refractivity contribution in [3.8, 4) is 0 Å². The van der Waals surface area contributed by atoms with E-state index in [0.29, 0.717) is 23.4 Å². The fourth-order valence-electron chi connectivity index (χ4n) is 5.03. The van der Waals surface area contributed by atoms with Crippen molar-refractivity contribution in [3.63, 3.8) is 0 Å². The van der Waals surface area contributed by atoms with E-state index in [9.17, 15) is 9.90 Å². The molecule has 3 aromatic rings. The maximum absolute atomic E-state index is 12.8. The molecular weight excluding hydrogens is 366 g/mol. The normalized spacial score (nSPS) is 24.6. The van der Waals surface area contributed by atoms with Crippen LogP contribution in [0.4, 0.5) is 5.82 Å². The molecule has 7 heteroatoms. The van der Waals surface area contributed by atoms with Gasteiger partial charge in [-0.3, -0.25) is 4.79 Å². The third-order valence-corrected chi connectivity index (χ3v) is 6.60. The fourth-order valence-corrected chi connectivity index (χ4v) is 5.03. The van der Waals surface area contributed by atoms with Gasteiger partial charge in [-0.15, -0.1) is 0 Å². The summed E-state index contributed by atoms with van der Waals surface area (Å²) in [6.07, 6.45) is 4.48. The van der Waals surface area contributed by atoms with Gasteiger partial charge < -0.3 is 19.9 Å². The number of carbonyl (C=O) groups is 1. The van der Waals surface area contributed by atoms with E-state index in [2.05, 4.69) is 26.9 Å². The predicted molar refractivity (Wildman–Crippen MR) is 110 cm³/mol. The zero-order chi connectivity index (χ0) is 20.0. The van der Waals surface area contributed by atoms with Crippen LogP contribution in [0.25, 0.3) is 11.0 Å². The Morgan fingerprint density at radius 3 is 2.62 bits per heavy atom. The van der Waals surface area contributed by atoms with E-state index in [1.54, 1.807) is 18.5 Å². The molecule has 1 aliphatic carbocycles. The topological polar surface area (TPSA) is 85.4 Å². The monoisotopic (exact) mass is 391 g/mol. The number of fused-ring (bicyclic) bond motifs is 2. The van der Waals surface area contributed by atoms with Crippen molar-refractivity contribution in [2.24, 2.45) is 11.8 Å². The van der Waals surface area contributed by atoms with Crippen LogP contribution in [-0.2, 0) is 4.79 Å². The Balaban J connectivity index is 1.25. The Kier molecular flexibility index (Phi) is 4.47. The smallest absolute Gasteiger partial charge is 0.256 e. The lowest BCUT2D eigenvalue weighted by Crippen LogP contribution is -2.36. The number of likely N-dealkylation sites (tertiary alicyclic amines) is 1. The summed E-state index contributed by atoms with van der Waals surface area (Å²) in [5.74, 6) is 1.71. The fraction of sp³-hybridized carbons (Fsp3) is 0.409. The molecule has 29 heavy (non-hydrogen) atoms. The van der Waals surface area contributed by atoms with E-state index in [1.165, 1.54) is 0 Å². The van der Waals surface area contributed by atoms with Crippen LogP contribution in [-0.4, -0.2) is 57.0 Å². The highest BCUT2D eigenvalue weighted by atomic mass is 16.3. The molecule has 1 aromatic carbocycles. The van der Waals surface area contributed by atoms with Crippen LogP contribution < -0.4 is 4.90 Å². The van der Waals surface area contributed by atoms with E-state index in [4.69, 9.17) is 0 Å². The van der Waals surface area contributed by atoms with E-state index < -0.39 is 6.10 Å². The molecule has 5 rings (SSSR count). The molecule has 1 amide bonds. The summed E-state index contributed by atoms with van der Waals surface area (Å²) in [5, 5.41) is 11.5. The van der Waals surface area contributed by atoms with Crippen LogP contribution in [0, 0.1) is 11.8 Å². The molecule has 0 bridgehead atoms. The Morgan fingerprint density at radius 2 is 1.90 bits per heavy atom. The van der Waals surface area contributed by atoms with Gasteiger partial charge in [0.15, 0.2) is 6.10 Å². The summed E-state index contributed by atoms with van der Waals surface area (Å²) in [7, 11) is 2.10. The highest BCUT2D eigenvalue weighted by molar-refractivity contribution is 5.87. The van der Waals surface area contributed by atoms with Gasteiger partial charge in [0.05, 0.1) is 5.39 Å². The number of benzene rings is 1. The van der Waals surface area contributed by atoms with Crippen molar-refractivity contribution in [3.05, 3.63) is 54.5 Å². The first kappa shape index (κ1) is 18.1. The van der Waals surface area contributed by atoms with Crippen LogP contribution in [0.5, 0.6) is 0 Å². The molecule has 4 atom stereocenters. The number of nitrogens with zero attached hydrogens (tertiary/aromatic N) is 4. The van der Waals surface area contributed by atoms with Crippen LogP contribution in [0.15, 0.2) is 48.9 Å². The zero-order valence-electron chi connectivity index (χ0n) is 16.4. The zero-order valence-corrected chi connectivity index (χ0v) is 16.4. The van der Waals surface area contributed by atoms with Crippen LogP contribution in [0.2, 0.25) is 0 Å². The summed E-state index contributed by atoms with van der Waals surface area (Å²) < 4.78 is 0. The lowest BCUT2D eigenvalue weighted by atomic mass is 10.0. The summed E-state index contributed by atoms with van der Waals surface area (Å²) >= 11 is 0. The van der Waals surface area contributed by atoms with Crippen LogP contribution in [0.1, 0.15) is 24.5 Å². The number of hydrogen-bond acceptors (Lipinski definition) is 5. The maximum atomic E-state index is 12.8. The Bertz CT molecular complexity index is 1010. The first-order valence-electron chi connectivity index (χ1n) is 10.1. The van der Waals surface area contributed by atoms with Crippen molar-refractivity contribution in [1.82, 2.24) is 19.9 Å². The summed E-state index contributed by atoms with van der Waals surface area (Å²) in [6.45, 7) is 1.45. The minimum absolute atomic E-state index is 0.180. The molecule has 0 spiro atoms. The molecule has 2 aromatic heterocycles. The minimum atomic E-state index is -1.07. The lowest BCUT2D eigenvalue weighted by Gasteiger charge is -2.28. The van der Waals surface area contributed by atoms with Gasteiger partial charge in [0.25, 0.3) is 5.91 Å². The number of rotatable bonds is 4. The SMILES string of the molecule is CN(c1ncnc2[nH]ccc12)C1C[C@@H]2CN(C(=O)[C@H](O)c3ccccc3)C[C@@H]2C1. The summed E-state index contributed by atoms with van der Waals surface area (Å²) in [4.78, 5) is 28.8. The van der Waals surface area contributed by atoms with Crippen molar-refractivity contribution in [2.75, 3.05) is 25.0 Å². The average molecular weight is 391 g/mol. The molecule has 2 N–H and O–H groups in total. The van der Waals surface area contributed by atoms with Gasteiger partial charge in [0.2, 0.25) is 0 Å². The van der Waals surface area contributed by atoms with Crippen molar-refractivity contribution < 1.29 is 9.90 Å². The van der Waals surface area contributed by atoms with E-state index >= 15 is 0 Å². The number of aromatic amines is 1. The molecule has 1 saturated carbocycles. The van der Waals surface area contributed by atoms with Gasteiger partial charge in [-0.2, -0.15) is 0 Å². The second-order valence-corrected chi connectivity index (χ2v) is 8.25. The standard InChI is InChI=1S/C22H25N5O2/c1-26(21-18-7-8-23-20(18)24-13-25-21)17-9-15-11-27(12-16(15)10-17)22(29)19(28)14-5-3-2-4-6-14/h2-8,13,15-17,19,28H,9-12H2,1H3,(H,23,24,25)/t15-,16+,17?,19-/m1/s1. The van der Waals surface area contributed by atoms with E-state index in [-0.39, 0.29) is 5.91 Å². The summed E-state index contributed by atoms with van der Waals surface area (Å²) in [5.41, 5.74) is 1.51. The number of H-pyrrole nitrogens is 1. The average Bonchev–Trinajstić information content (AvgIpc) is 3.47. The highest BCUT2D eigenvalue weighted by Gasteiger charge is 2.44. The number of nitrogens with one attached hydrogen (secondary N) is 1. The van der Waals surface area contributed by atoms with Crippen molar-refractivity contribution in [1.29, 1.82) is 0 Å². The third-order valence-electron chi connectivity index (χ3n) is 6.60. The van der Waals surface area contributed by atoms with E-state index in [1.807, 2.05) is 35.4 Å². The molecule has 1 unspecified atom stereocenters. The number of carbonyl (C=O) groups excluding carboxylic acids is 1. The molecule has 7 nitrogen and oxygen atoms in total. The van der Waals surface area contributed by atoms with Gasteiger partial charge in [0.1, 0.15) is 17.8 Å². The quantitative estimate of drug-likeness (QED) is 0.713. The number of amides is 1. The van der Waals surface area contributed by atoms with Crippen LogP contribution in [0.3, 0.4) is 0 Å². The lowest BCUT2D eigenvalue weighted by molar-refractivity contribution is -0.139. The summed E-state index contributed by atoms with van der Waals surface area (Å²) in [6, 6.07) is 11.6. The molecular formula is C22H25N5O2. The molecule has 150 valence electrons. The Hall–Kier alpha value is -2.93. The number of anilines is 1. The number of aromatic nitrogens is 3. The van der Waals surface area contributed by atoms with E-state index in [0.717, 1.165) is 42.8 Å². The number of aliphatic hydroxyl groups is 1. The van der Waals surface area contributed by atoms with Gasteiger partial charge >= 0.3 is 0 Å². The third kappa shape index (κ3) is 3.15. The first-order valence-corrected chi connectivity index (χ1v) is 10.1. The maximum Gasteiger partial charge on any atom is 0.256 e. The molecule has 3 heterocycles. The van der Waals surface area contributed by atoms with Crippen LogP contribution >= 0.6 is 0 Å². The number of hydrogen-bond donors (Lipinski definition) is 2. The molecule has 2 fully saturated rings. The van der Waals surface area contributed by atoms with Crippen molar-refractivity contribution in [2.45, 2.75) is 25.0 Å². The Labute approximate surface area is 169 Å². The molecule has 1 aliphatic heterocycles. The second kappa shape index (κ2) is 7.15.